The monoisotopic (exact) mass is 390 g/mol. The Morgan fingerprint density at radius 2 is 2.04 bits per heavy atom. The fraction of sp³-hybridized carbons (Fsp3) is 0.667. The number of benzene rings is 1. The Balaban J connectivity index is 1.18. The van der Waals surface area contributed by atoms with Crippen molar-refractivity contribution >= 4 is 5.91 Å². The lowest BCUT2D eigenvalue weighted by atomic mass is 9.93. The molecule has 0 spiro atoms. The van der Waals surface area contributed by atoms with Gasteiger partial charge >= 0.3 is 0 Å². The topological polar surface area (TPSA) is 89.1 Å². The van der Waals surface area contributed by atoms with E-state index in [0.29, 0.717) is 25.6 Å². The molecule has 5 atom stereocenters. The molecular weight excluding hydrogens is 360 g/mol. The highest BCUT2D eigenvalue weighted by molar-refractivity contribution is 5.76. The average Bonchev–Trinajstić information content (AvgIpc) is 3.18. The summed E-state index contributed by atoms with van der Waals surface area (Å²) in [5.74, 6) is 0.735. The van der Waals surface area contributed by atoms with Crippen LogP contribution in [0.15, 0.2) is 24.3 Å². The number of methoxy groups -OCH3 is 1. The van der Waals surface area contributed by atoms with Crippen LogP contribution in [0.25, 0.3) is 0 Å². The summed E-state index contributed by atoms with van der Waals surface area (Å²) in [5.41, 5.74) is 1.01. The van der Waals surface area contributed by atoms with Crippen LogP contribution in [0, 0.1) is 0 Å². The Bertz CT molecular complexity index is 663. The number of carbonyl (C=O) groups excluding carboxylic acids is 1. The molecule has 0 radical (unpaired) electrons. The van der Waals surface area contributed by atoms with E-state index in [0.717, 1.165) is 11.3 Å². The maximum Gasteiger partial charge on any atom is 0.222 e. The predicted octanol–water partition coefficient (Wildman–Crippen LogP) is 1.13. The summed E-state index contributed by atoms with van der Waals surface area (Å²) in [5, 5.41) is 16.9. The van der Waals surface area contributed by atoms with Crippen LogP contribution in [0.1, 0.15) is 37.7 Å². The van der Waals surface area contributed by atoms with Gasteiger partial charge in [0.2, 0.25) is 5.91 Å². The number of nitrogens with one attached hydrogen (secondary N) is 2. The molecule has 2 aliphatic heterocycles. The summed E-state index contributed by atoms with van der Waals surface area (Å²) in [6.07, 6.45) is 3.12. The molecule has 3 N–H and O–H groups in total. The van der Waals surface area contributed by atoms with Gasteiger partial charge in [-0.15, -0.1) is 0 Å². The Kier molecular flexibility index (Phi) is 6.16. The summed E-state index contributed by atoms with van der Waals surface area (Å²) in [6.45, 7) is 1.13. The van der Waals surface area contributed by atoms with Gasteiger partial charge in [0.15, 0.2) is 0 Å². The Labute approximate surface area is 165 Å². The number of aliphatic hydroxyl groups excluding tert-OH is 1. The third-order valence-corrected chi connectivity index (χ3v) is 6.05. The average molecular weight is 390 g/mol. The minimum Gasteiger partial charge on any atom is -0.497 e. The van der Waals surface area contributed by atoms with E-state index in [1.54, 1.807) is 7.11 Å². The van der Waals surface area contributed by atoms with Crippen molar-refractivity contribution in [2.24, 2.45) is 0 Å². The van der Waals surface area contributed by atoms with E-state index >= 15 is 0 Å². The van der Waals surface area contributed by atoms with Crippen LogP contribution in [-0.4, -0.2) is 61.2 Å². The van der Waals surface area contributed by atoms with Crippen molar-refractivity contribution in [2.45, 2.75) is 75.2 Å². The smallest absolute Gasteiger partial charge is 0.222 e. The fourth-order valence-corrected chi connectivity index (χ4v) is 4.13. The van der Waals surface area contributed by atoms with Gasteiger partial charge < -0.3 is 30.0 Å². The summed E-state index contributed by atoms with van der Waals surface area (Å²) < 4.78 is 17.1. The Hall–Kier alpha value is -1.67. The Morgan fingerprint density at radius 1 is 1.25 bits per heavy atom. The van der Waals surface area contributed by atoms with E-state index in [4.69, 9.17) is 14.2 Å². The molecule has 154 valence electrons. The normalized spacial score (nSPS) is 32.0. The molecule has 0 bridgehead atoms. The molecule has 7 nitrogen and oxygen atoms in total. The maximum absolute atomic E-state index is 12.2. The molecule has 7 heteroatoms. The van der Waals surface area contributed by atoms with Crippen molar-refractivity contribution < 1.29 is 24.1 Å². The lowest BCUT2D eigenvalue weighted by Crippen LogP contribution is -2.44. The van der Waals surface area contributed by atoms with E-state index in [2.05, 4.69) is 10.6 Å². The zero-order valence-corrected chi connectivity index (χ0v) is 16.3. The van der Waals surface area contributed by atoms with Crippen molar-refractivity contribution in [3.63, 3.8) is 0 Å². The number of rotatable bonds is 8. The van der Waals surface area contributed by atoms with E-state index in [1.807, 2.05) is 24.3 Å². The molecule has 3 aliphatic rings. The molecule has 0 aromatic heterocycles. The van der Waals surface area contributed by atoms with Crippen molar-refractivity contribution in [3.05, 3.63) is 29.8 Å². The number of ether oxygens (including phenoxy) is 3. The summed E-state index contributed by atoms with van der Waals surface area (Å²) >= 11 is 0. The SMILES string of the molecule is COc1ccc(CNC(=O)C[C@@H]2C[C@H]3O[C@H](CNC4CCC4)[C@@H](O)[C@H]3O2)cc1. The molecule has 2 saturated heterocycles. The zero-order chi connectivity index (χ0) is 19.5. The van der Waals surface area contributed by atoms with Crippen LogP contribution in [-0.2, 0) is 20.8 Å². The van der Waals surface area contributed by atoms with Crippen LogP contribution in [0.4, 0.5) is 0 Å². The molecular formula is C21H30N2O5. The molecule has 2 heterocycles. The molecule has 1 amide bonds. The molecule has 1 aromatic carbocycles. The highest BCUT2D eigenvalue weighted by Gasteiger charge is 2.50. The molecule has 0 unspecified atom stereocenters. The standard InChI is InChI=1S/C21H30N2O5/c1-26-15-7-5-13(6-8-15)11-23-19(24)10-16-9-17-21(27-16)20(25)18(28-17)12-22-14-3-2-4-14/h5-8,14,16-18,20-22,25H,2-4,9-12H2,1H3,(H,23,24)/t16-,17+,18+,20+,21-/m0/s1. The maximum atomic E-state index is 12.2. The highest BCUT2D eigenvalue weighted by atomic mass is 16.6. The van der Waals surface area contributed by atoms with Gasteiger partial charge in [0.05, 0.1) is 31.8 Å². The summed E-state index contributed by atoms with van der Waals surface area (Å²) in [7, 11) is 1.63. The van der Waals surface area contributed by atoms with Crippen LogP contribution in [0.2, 0.25) is 0 Å². The lowest BCUT2D eigenvalue weighted by molar-refractivity contribution is -0.124. The first-order valence-electron chi connectivity index (χ1n) is 10.2. The molecule has 1 aliphatic carbocycles. The predicted molar refractivity (Wildman–Crippen MR) is 103 cm³/mol. The van der Waals surface area contributed by atoms with Crippen LogP contribution >= 0.6 is 0 Å². The minimum atomic E-state index is -0.634. The van der Waals surface area contributed by atoms with Gasteiger partial charge in [-0.05, 0) is 30.5 Å². The van der Waals surface area contributed by atoms with Gasteiger partial charge in [-0.3, -0.25) is 4.79 Å². The van der Waals surface area contributed by atoms with Gasteiger partial charge in [0.25, 0.3) is 0 Å². The third-order valence-electron chi connectivity index (χ3n) is 6.05. The van der Waals surface area contributed by atoms with Crippen molar-refractivity contribution in [1.82, 2.24) is 10.6 Å². The minimum absolute atomic E-state index is 0.0570. The van der Waals surface area contributed by atoms with Crippen LogP contribution in [0.5, 0.6) is 5.75 Å². The number of hydrogen-bond donors (Lipinski definition) is 3. The van der Waals surface area contributed by atoms with Crippen molar-refractivity contribution in [2.75, 3.05) is 13.7 Å². The summed E-state index contributed by atoms with van der Waals surface area (Å²) in [4.78, 5) is 12.2. The van der Waals surface area contributed by atoms with Gasteiger partial charge in [0.1, 0.15) is 18.0 Å². The van der Waals surface area contributed by atoms with E-state index < -0.39 is 6.10 Å². The van der Waals surface area contributed by atoms with Crippen LogP contribution in [0.3, 0.4) is 0 Å². The Morgan fingerprint density at radius 3 is 2.68 bits per heavy atom. The first-order valence-corrected chi connectivity index (χ1v) is 10.2. The third kappa shape index (κ3) is 4.49. The number of fused-ring (bicyclic) bond motifs is 1. The van der Waals surface area contributed by atoms with Gasteiger partial charge in [0, 0.05) is 25.6 Å². The van der Waals surface area contributed by atoms with E-state index in [-0.39, 0.29) is 36.7 Å². The van der Waals surface area contributed by atoms with Gasteiger partial charge in [-0.2, -0.15) is 0 Å². The fourth-order valence-electron chi connectivity index (χ4n) is 4.13. The largest absolute Gasteiger partial charge is 0.497 e. The van der Waals surface area contributed by atoms with Crippen LogP contribution < -0.4 is 15.4 Å². The van der Waals surface area contributed by atoms with Crippen molar-refractivity contribution in [3.8, 4) is 5.75 Å². The second kappa shape index (κ2) is 8.78. The number of hydrogen-bond acceptors (Lipinski definition) is 6. The quantitative estimate of drug-likeness (QED) is 0.617. The molecule has 3 fully saturated rings. The molecule has 28 heavy (non-hydrogen) atoms. The van der Waals surface area contributed by atoms with E-state index in [9.17, 15) is 9.90 Å². The summed E-state index contributed by atoms with van der Waals surface area (Å²) in [6, 6.07) is 8.17. The molecule has 1 saturated carbocycles. The first kappa shape index (κ1) is 19.6. The zero-order valence-electron chi connectivity index (χ0n) is 16.3. The lowest BCUT2D eigenvalue weighted by Gasteiger charge is -2.29. The number of carbonyl (C=O) groups is 1. The molecule has 4 rings (SSSR count). The second-order valence-electron chi connectivity index (χ2n) is 8.03. The first-order chi connectivity index (χ1) is 13.6. The van der Waals surface area contributed by atoms with Gasteiger partial charge in [-0.1, -0.05) is 18.6 Å². The van der Waals surface area contributed by atoms with E-state index in [1.165, 1.54) is 19.3 Å². The molecule has 1 aromatic rings. The number of amides is 1. The highest BCUT2D eigenvalue weighted by Crippen LogP contribution is 2.35. The number of aliphatic hydroxyl groups is 1. The second-order valence-corrected chi connectivity index (χ2v) is 8.03. The van der Waals surface area contributed by atoms with Crippen molar-refractivity contribution in [1.29, 1.82) is 0 Å². The van der Waals surface area contributed by atoms with Gasteiger partial charge in [-0.25, -0.2) is 0 Å².